The van der Waals surface area contributed by atoms with Gasteiger partial charge in [-0.25, -0.2) is 10.4 Å². The standard InChI is InChI=1S/C20H23N5O2/c1-4-24(5-2)16-10-9-15(17(26)12-16)13-21-23-20(27)19-14(3)22-18-8-6-7-11-25(18)19/h6-13,26H,4-5H2,1-3H3,(H,23,27)/b21-13+. The molecule has 1 amide bonds. The Morgan fingerprint density at radius 2 is 2.07 bits per heavy atom. The fourth-order valence-corrected chi connectivity index (χ4v) is 3.03. The highest BCUT2D eigenvalue weighted by Crippen LogP contribution is 2.23. The third-order valence-corrected chi connectivity index (χ3v) is 4.43. The molecule has 0 unspecified atom stereocenters. The molecule has 2 aromatic heterocycles. The molecule has 0 spiro atoms. The molecule has 140 valence electrons. The van der Waals surface area contributed by atoms with Crippen molar-refractivity contribution in [2.75, 3.05) is 18.0 Å². The van der Waals surface area contributed by atoms with Crippen LogP contribution in [0.2, 0.25) is 0 Å². The number of phenols is 1. The van der Waals surface area contributed by atoms with Crippen LogP contribution in [0.5, 0.6) is 5.75 Å². The van der Waals surface area contributed by atoms with Gasteiger partial charge >= 0.3 is 0 Å². The molecule has 0 bridgehead atoms. The Labute approximate surface area is 158 Å². The molecule has 2 heterocycles. The molecule has 0 saturated carbocycles. The second-order valence-corrected chi connectivity index (χ2v) is 6.09. The van der Waals surface area contributed by atoms with E-state index >= 15 is 0 Å². The first kappa shape index (κ1) is 18.4. The number of amides is 1. The van der Waals surface area contributed by atoms with Crippen molar-refractivity contribution in [2.24, 2.45) is 5.10 Å². The van der Waals surface area contributed by atoms with Gasteiger partial charge in [0.1, 0.15) is 17.1 Å². The zero-order valence-corrected chi connectivity index (χ0v) is 15.7. The average molecular weight is 365 g/mol. The maximum Gasteiger partial charge on any atom is 0.290 e. The number of carbonyl (C=O) groups excluding carboxylic acids is 1. The van der Waals surface area contributed by atoms with Gasteiger partial charge in [-0.2, -0.15) is 5.10 Å². The predicted octanol–water partition coefficient (Wildman–Crippen LogP) is 2.96. The lowest BCUT2D eigenvalue weighted by molar-refractivity contribution is 0.0948. The van der Waals surface area contributed by atoms with E-state index in [1.807, 2.05) is 24.3 Å². The molecule has 7 heteroatoms. The van der Waals surface area contributed by atoms with Crippen LogP contribution in [0.1, 0.15) is 35.6 Å². The number of rotatable bonds is 6. The smallest absolute Gasteiger partial charge is 0.290 e. The largest absolute Gasteiger partial charge is 0.507 e. The summed E-state index contributed by atoms with van der Waals surface area (Å²) < 4.78 is 1.72. The number of hydrazone groups is 1. The number of hydrogen-bond acceptors (Lipinski definition) is 5. The number of nitrogens with one attached hydrogen (secondary N) is 1. The molecule has 0 aliphatic carbocycles. The van der Waals surface area contributed by atoms with Gasteiger partial charge in [-0.3, -0.25) is 9.20 Å². The van der Waals surface area contributed by atoms with Crippen molar-refractivity contribution in [3.05, 3.63) is 59.5 Å². The molecule has 2 N–H and O–H groups in total. The number of aromatic nitrogens is 2. The van der Waals surface area contributed by atoms with Crippen molar-refractivity contribution >= 4 is 23.5 Å². The van der Waals surface area contributed by atoms with Gasteiger partial charge in [0.25, 0.3) is 5.91 Å². The minimum Gasteiger partial charge on any atom is -0.507 e. The van der Waals surface area contributed by atoms with E-state index < -0.39 is 0 Å². The quantitative estimate of drug-likeness (QED) is 0.520. The number of aryl methyl sites for hydroxylation is 1. The molecule has 0 radical (unpaired) electrons. The normalized spacial score (nSPS) is 11.2. The molecule has 7 nitrogen and oxygen atoms in total. The van der Waals surface area contributed by atoms with Crippen molar-refractivity contribution in [3.8, 4) is 5.75 Å². The lowest BCUT2D eigenvalue weighted by Gasteiger charge is -2.21. The number of benzene rings is 1. The fraction of sp³-hybridized carbons (Fsp3) is 0.250. The summed E-state index contributed by atoms with van der Waals surface area (Å²) in [5.41, 5.74) is 5.74. The van der Waals surface area contributed by atoms with Gasteiger partial charge in [0.15, 0.2) is 0 Å². The van der Waals surface area contributed by atoms with Crippen molar-refractivity contribution in [1.82, 2.24) is 14.8 Å². The molecule has 0 aliphatic heterocycles. The van der Waals surface area contributed by atoms with Crippen LogP contribution in [-0.2, 0) is 0 Å². The van der Waals surface area contributed by atoms with Crippen LogP contribution in [0, 0.1) is 6.92 Å². The second kappa shape index (κ2) is 7.90. The summed E-state index contributed by atoms with van der Waals surface area (Å²) in [6.07, 6.45) is 3.21. The van der Waals surface area contributed by atoms with Crippen molar-refractivity contribution in [1.29, 1.82) is 0 Å². The minimum atomic E-state index is -0.360. The number of carbonyl (C=O) groups is 1. The number of pyridine rings is 1. The molecular weight excluding hydrogens is 342 g/mol. The van der Waals surface area contributed by atoms with Crippen LogP contribution >= 0.6 is 0 Å². The van der Waals surface area contributed by atoms with E-state index in [4.69, 9.17) is 0 Å². The van der Waals surface area contributed by atoms with E-state index in [0.717, 1.165) is 18.8 Å². The Morgan fingerprint density at radius 3 is 2.78 bits per heavy atom. The molecule has 0 aliphatic rings. The fourth-order valence-electron chi connectivity index (χ4n) is 3.03. The molecule has 27 heavy (non-hydrogen) atoms. The maximum atomic E-state index is 12.5. The third kappa shape index (κ3) is 3.76. The van der Waals surface area contributed by atoms with Crippen LogP contribution in [0.4, 0.5) is 5.69 Å². The van der Waals surface area contributed by atoms with E-state index in [-0.39, 0.29) is 11.7 Å². The summed E-state index contributed by atoms with van der Waals surface area (Å²) in [6, 6.07) is 10.9. The highest BCUT2D eigenvalue weighted by Gasteiger charge is 2.15. The highest BCUT2D eigenvalue weighted by molar-refractivity contribution is 5.95. The van der Waals surface area contributed by atoms with E-state index in [0.29, 0.717) is 22.6 Å². The molecular formula is C20H23N5O2. The van der Waals surface area contributed by atoms with Crippen molar-refractivity contribution in [3.63, 3.8) is 0 Å². The predicted molar refractivity (Wildman–Crippen MR) is 107 cm³/mol. The summed E-state index contributed by atoms with van der Waals surface area (Å²) in [4.78, 5) is 19.0. The van der Waals surface area contributed by atoms with Crippen LogP contribution < -0.4 is 10.3 Å². The topological polar surface area (TPSA) is 82.2 Å². The Morgan fingerprint density at radius 1 is 1.30 bits per heavy atom. The lowest BCUT2D eigenvalue weighted by Crippen LogP contribution is -2.21. The molecule has 0 atom stereocenters. The first-order chi connectivity index (χ1) is 13.0. The zero-order chi connectivity index (χ0) is 19.4. The summed E-state index contributed by atoms with van der Waals surface area (Å²) in [5.74, 6) is -0.245. The lowest BCUT2D eigenvalue weighted by atomic mass is 10.2. The number of imidazole rings is 1. The van der Waals surface area contributed by atoms with E-state index in [2.05, 4.69) is 34.3 Å². The second-order valence-electron chi connectivity index (χ2n) is 6.09. The van der Waals surface area contributed by atoms with E-state index in [1.165, 1.54) is 6.21 Å². The summed E-state index contributed by atoms with van der Waals surface area (Å²) >= 11 is 0. The molecule has 3 rings (SSSR count). The van der Waals surface area contributed by atoms with Gasteiger partial charge in [-0.05, 0) is 45.0 Å². The van der Waals surface area contributed by atoms with Gasteiger partial charge < -0.3 is 10.0 Å². The Hall–Kier alpha value is -3.35. The molecule has 0 saturated heterocycles. The summed E-state index contributed by atoms with van der Waals surface area (Å²) in [5, 5.41) is 14.2. The van der Waals surface area contributed by atoms with E-state index in [1.54, 1.807) is 29.7 Å². The van der Waals surface area contributed by atoms with Crippen molar-refractivity contribution in [2.45, 2.75) is 20.8 Å². The van der Waals surface area contributed by atoms with Crippen LogP contribution in [0.3, 0.4) is 0 Å². The maximum absolute atomic E-state index is 12.5. The molecule has 0 fully saturated rings. The van der Waals surface area contributed by atoms with Gasteiger partial charge in [0.2, 0.25) is 0 Å². The number of phenolic OH excluding ortho intramolecular Hbond substituents is 1. The number of fused-ring (bicyclic) bond motifs is 1. The molecule has 3 aromatic rings. The number of aromatic hydroxyl groups is 1. The first-order valence-corrected chi connectivity index (χ1v) is 8.90. The van der Waals surface area contributed by atoms with Crippen LogP contribution in [0.15, 0.2) is 47.7 Å². The number of anilines is 1. The minimum absolute atomic E-state index is 0.114. The zero-order valence-electron chi connectivity index (χ0n) is 15.7. The van der Waals surface area contributed by atoms with Gasteiger partial charge in [0, 0.05) is 36.6 Å². The molecule has 1 aromatic carbocycles. The summed E-state index contributed by atoms with van der Waals surface area (Å²) in [6.45, 7) is 7.63. The number of hydrogen-bond donors (Lipinski definition) is 2. The van der Waals surface area contributed by atoms with E-state index in [9.17, 15) is 9.90 Å². The Kier molecular flexibility index (Phi) is 5.40. The van der Waals surface area contributed by atoms with Gasteiger partial charge in [-0.15, -0.1) is 0 Å². The Bertz CT molecular complexity index is 989. The van der Waals surface area contributed by atoms with Crippen LogP contribution in [-0.4, -0.2) is 39.7 Å². The third-order valence-electron chi connectivity index (χ3n) is 4.43. The Balaban J connectivity index is 1.75. The van der Waals surface area contributed by atoms with Gasteiger partial charge in [-0.1, -0.05) is 6.07 Å². The number of nitrogens with zero attached hydrogens (tertiary/aromatic N) is 4. The van der Waals surface area contributed by atoms with Crippen LogP contribution in [0.25, 0.3) is 5.65 Å². The monoisotopic (exact) mass is 365 g/mol. The first-order valence-electron chi connectivity index (χ1n) is 8.90. The SMILES string of the molecule is CCN(CC)c1ccc(/C=N/NC(=O)c2c(C)nc3ccccn23)c(O)c1. The van der Waals surface area contributed by atoms with Crippen molar-refractivity contribution < 1.29 is 9.90 Å². The highest BCUT2D eigenvalue weighted by atomic mass is 16.3. The summed E-state index contributed by atoms with van der Waals surface area (Å²) in [7, 11) is 0. The average Bonchev–Trinajstić information content (AvgIpc) is 3.00. The van der Waals surface area contributed by atoms with Gasteiger partial charge in [0.05, 0.1) is 11.9 Å².